The molecule has 3 rings (SSSR count). The van der Waals surface area contributed by atoms with Gasteiger partial charge >= 0.3 is 0 Å². The van der Waals surface area contributed by atoms with Crippen LogP contribution >= 0.6 is 0 Å². The lowest BCUT2D eigenvalue weighted by Crippen LogP contribution is -2.52. The molecule has 1 aliphatic heterocycles. The van der Waals surface area contributed by atoms with Crippen molar-refractivity contribution in [2.24, 2.45) is 4.99 Å². The van der Waals surface area contributed by atoms with E-state index < -0.39 is 11.6 Å². The van der Waals surface area contributed by atoms with Gasteiger partial charge in [-0.05, 0) is 36.8 Å². The molecule has 1 aliphatic rings. The third kappa shape index (κ3) is 5.68. The van der Waals surface area contributed by atoms with E-state index >= 15 is 0 Å². The average molecular weight is 415 g/mol. The zero-order chi connectivity index (χ0) is 21.5. The van der Waals surface area contributed by atoms with Crippen molar-refractivity contribution in [1.29, 1.82) is 0 Å². The Labute approximate surface area is 175 Å². The predicted molar refractivity (Wildman–Crippen MR) is 116 cm³/mol. The number of nitrogens with one attached hydrogen (secondary N) is 2. The highest BCUT2D eigenvalue weighted by Gasteiger charge is 2.22. The summed E-state index contributed by atoms with van der Waals surface area (Å²) in [4.78, 5) is 19.9. The second-order valence-corrected chi connectivity index (χ2v) is 7.12. The molecule has 1 saturated heterocycles. The third-order valence-electron chi connectivity index (χ3n) is 4.82. The van der Waals surface area contributed by atoms with Crippen molar-refractivity contribution in [3.05, 3.63) is 59.7 Å². The number of carbonyl (C=O) groups is 1. The molecule has 30 heavy (non-hydrogen) atoms. The van der Waals surface area contributed by atoms with Gasteiger partial charge in [0.05, 0.1) is 12.2 Å². The van der Waals surface area contributed by atoms with Gasteiger partial charge in [0.1, 0.15) is 11.6 Å². The van der Waals surface area contributed by atoms with Gasteiger partial charge in [0.15, 0.2) is 5.96 Å². The van der Waals surface area contributed by atoms with E-state index in [2.05, 4.69) is 15.5 Å². The largest absolute Gasteiger partial charge is 0.366 e. The van der Waals surface area contributed by atoms with Crippen LogP contribution in [0.1, 0.15) is 19.4 Å². The molecule has 0 bridgehead atoms. The van der Waals surface area contributed by atoms with E-state index in [-0.39, 0.29) is 5.91 Å². The molecule has 1 amide bonds. The summed E-state index contributed by atoms with van der Waals surface area (Å²) in [5, 5.41) is 6.07. The van der Waals surface area contributed by atoms with E-state index in [9.17, 15) is 13.6 Å². The fourth-order valence-corrected chi connectivity index (χ4v) is 3.43. The number of benzene rings is 2. The summed E-state index contributed by atoms with van der Waals surface area (Å²) in [6.07, 6.45) is 0. The molecule has 0 atom stereocenters. The maximum Gasteiger partial charge on any atom is 0.221 e. The van der Waals surface area contributed by atoms with Gasteiger partial charge in [-0.3, -0.25) is 4.79 Å². The van der Waals surface area contributed by atoms with Gasteiger partial charge in [-0.25, -0.2) is 13.8 Å². The molecule has 0 unspecified atom stereocenters. The Balaban J connectivity index is 1.65. The summed E-state index contributed by atoms with van der Waals surface area (Å²) in [5.74, 6) is -0.187. The van der Waals surface area contributed by atoms with Gasteiger partial charge in [0.2, 0.25) is 5.91 Å². The molecule has 0 aliphatic carbocycles. The zero-order valence-corrected chi connectivity index (χ0v) is 17.3. The quantitative estimate of drug-likeness (QED) is 0.582. The number of piperazine rings is 1. The first-order valence-corrected chi connectivity index (χ1v) is 10.1. The number of guanidine groups is 1. The molecule has 1 fully saturated rings. The Bertz CT molecular complexity index is 910. The summed E-state index contributed by atoms with van der Waals surface area (Å²) in [5.41, 5.74) is 2.02. The van der Waals surface area contributed by atoms with Crippen molar-refractivity contribution in [3.63, 3.8) is 0 Å². The smallest absolute Gasteiger partial charge is 0.221 e. The van der Waals surface area contributed by atoms with Crippen LogP contribution in [0.15, 0.2) is 47.5 Å². The van der Waals surface area contributed by atoms with Crippen LogP contribution in [0.4, 0.5) is 20.2 Å². The Morgan fingerprint density at radius 2 is 1.87 bits per heavy atom. The predicted octanol–water partition coefficient (Wildman–Crippen LogP) is 3.21. The number of halogens is 2. The monoisotopic (exact) mass is 415 g/mol. The van der Waals surface area contributed by atoms with Crippen LogP contribution in [0.3, 0.4) is 0 Å². The highest BCUT2D eigenvalue weighted by molar-refractivity contribution is 5.88. The van der Waals surface area contributed by atoms with Gasteiger partial charge in [-0.2, -0.15) is 0 Å². The van der Waals surface area contributed by atoms with Crippen molar-refractivity contribution >= 4 is 23.2 Å². The van der Waals surface area contributed by atoms with Crippen LogP contribution in [0.25, 0.3) is 0 Å². The maximum atomic E-state index is 14.1. The number of aliphatic imine (C=N–C) groups is 1. The van der Waals surface area contributed by atoms with E-state index in [0.29, 0.717) is 38.4 Å². The van der Waals surface area contributed by atoms with E-state index in [4.69, 9.17) is 4.99 Å². The molecule has 2 aromatic rings. The SMILES string of the molecule is CCNC(=NCc1cccc(NC(C)=O)c1)N1CCN(c2cc(F)ccc2F)CC1. The molecule has 0 radical (unpaired) electrons. The van der Waals surface area contributed by atoms with Crippen molar-refractivity contribution < 1.29 is 13.6 Å². The van der Waals surface area contributed by atoms with Crippen molar-refractivity contribution in [2.75, 3.05) is 42.9 Å². The van der Waals surface area contributed by atoms with Crippen LogP contribution in [-0.2, 0) is 11.3 Å². The highest BCUT2D eigenvalue weighted by atomic mass is 19.1. The molecule has 8 heteroatoms. The van der Waals surface area contributed by atoms with Crippen LogP contribution in [0, 0.1) is 11.6 Å². The molecule has 1 heterocycles. The second kappa shape index (κ2) is 10.0. The first-order valence-electron chi connectivity index (χ1n) is 10.1. The van der Waals surface area contributed by atoms with Crippen molar-refractivity contribution in [3.8, 4) is 0 Å². The summed E-state index contributed by atoms with van der Waals surface area (Å²) < 4.78 is 27.6. The molecule has 2 aromatic carbocycles. The first-order chi connectivity index (χ1) is 14.5. The number of rotatable bonds is 5. The standard InChI is InChI=1S/C22H27F2N5O/c1-3-25-22(26-15-17-5-4-6-19(13-17)27-16(2)30)29-11-9-28(10-12-29)21-14-18(23)7-8-20(21)24/h4-8,13-14H,3,9-12,15H2,1-2H3,(H,25,26)(H,27,30). The van der Waals surface area contributed by atoms with E-state index in [1.165, 1.54) is 13.0 Å². The number of hydrogen-bond donors (Lipinski definition) is 2. The van der Waals surface area contributed by atoms with Crippen molar-refractivity contribution in [2.45, 2.75) is 20.4 Å². The summed E-state index contributed by atoms with van der Waals surface area (Å²) >= 11 is 0. The minimum atomic E-state index is -0.440. The fourth-order valence-electron chi connectivity index (χ4n) is 3.43. The van der Waals surface area contributed by atoms with Gasteiger partial charge in [0, 0.05) is 51.4 Å². The number of nitrogens with zero attached hydrogens (tertiary/aromatic N) is 3. The maximum absolute atomic E-state index is 14.1. The Morgan fingerprint density at radius 3 is 2.57 bits per heavy atom. The minimum absolute atomic E-state index is 0.114. The molecule has 160 valence electrons. The number of amides is 1. The van der Waals surface area contributed by atoms with Gasteiger partial charge in [-0.1, -0.05) is 12.1 Å². The van der Waals surface area contributed by atoms with E-state index in [0.717, 1.165) is 35.9 Å². The van der Waals surface area contributed by atoms with E-state index in [1.54, 1.807) is 0 Å². The van der Waals surface area contributed by atoms with Crippen LogP contribution in [0.5, 0.6) is 0 Å². The summed E-state index contributed by atoms with van der Waals surface area (Å²) in [7, 11) is 0. The van der Waals surface area contributed by atoms with Gasteiger partial charge in [0.25, 0.3) is 0 Å². The third-order valence-corrected chi connectivity index (χ3v) is 4.82. The molecular formula is C22H27F2N5O. The lowest BCUT2D eigenvalue weighted by atomic mass is 10.2. The first kappa shape index (κ1) is 21.5. The topological polar surface area (TPSA) is 60.0 Å². The number of hydrogen-bond acceptors (Lipinski definition) is 3. The summed E-state index contributed by atoms with van der Waals surface area (Å²) in [6, 6.07) is 11.1. The van der Waals surface area contributed by atoms with Crippen molar-refractivity contribution in [1.82, 2.24) is 10.2 Å². The number of carbonyl (C=O) groups excluding carboxylic acids is 1. The van der Waals surface area contributed by atoms with Crippen LogP contribution in [0.2, 0.25) is 0 Å². The lowest BCUT2D eigenvalue weighted by molar-refractivity contribution is -0.114. The second-order valence-electron chi connectivity index (χ2n) is 7.12. The van der Waals surface area contributed by atoms with Crippen LogP contribution in [-0.4, -0.2) is 49.5 Å². The lowest BCUT2D eigenvalue weighted by Gasteiger charge is -2.37. The fraction of sp³-hybridized carbons (Fsp3) is 0.364. The molecule has 0 spiro atoms. The molecule has 0 saturated carbocycles. The molecule has 6 nitrogen and oxygen atoms in total. The summed E-state index contributed by atoms with van der Waals surface area (Å²) in [6.45, 7) is 7.11. The number of anilines is 2. The Morgan fingerprint density at radius 1 is 1.10 bits per heavy atom. The van der Waals surface area contributed by atoms with Crippen LogP contribution < -0.4 is 15.5 Å². The molecule has 0 aromatic heterocycles. The van der Waals surface area contributed by atoms with Gasteiger partial charge in [-0.15, -0.1) is 0 Å². The van der Waals surface area contributed by atoms with Gasteiger partial charge < -0.3 is 20.4 Å². The molecule has 2 N–H and O–H groups in total. The normalized spacial score (nSPS) is 14.6. The highest BCUT2D eigenvalue weighted by Crippen LogP contribution is 2.22. The van der Waals surface area contributed by atoms with E-state index in [1.807, 2.05) is 36.1 Å². The average Bonchev–Trinajstić information content (AvgIpc) is 2.73. The minimum Gasteiger partial charge on any atom is -0.366 e. The molecular weight excluding hydrogens is 388 g/mol. The Hall–Kier alpha value is -3.16. The zero-order valence-electron chi connectivity index (χ0n) is 17.3. The Kier molecular flexibility index (Phi) is 7.21.